The summed E-state index contributed by atoms with van der Waals surface area (Å²) in [4.78, 5) is 51.6. The van der Waals surface area contributed by atoms with Crippen LogP contribution in [-0.4, -0.2) is 33.0 Å². The van der Waals surface area contributed by atoms with E-state index in [1.54, 1.807) is 0 Å². The minimum Gasteiger partial charge on any atom is -0.357 e. The zero-order valence-corrected chi connectivity index (χ0v) is 45.7. The SMILES string of the molecule is CC(C)(C)c1cc(/C2=C3\C=CC(=N3)C3(C(=O)c4cccc5cccc3c45)C3=N/C(=C(/c4cc(C(C)(C)C)cc(C(C)(C)C)c4)c4ccc([nH]4)C4(C(=O)c5cccc6cccc4c56)c4ccc2[nH]4)C=C3)cc(C(C)(C)C)c1. The van der Waals surface area contributed by atoms with Gasteiger partial charge >= 0.3 is 0 Å². The minimum absolute atomic E-state index is 0.00214. The number of nitrogens with zero attached hydrogens (tertiary/aromatic N) is 2. The van der Waals surface area contributed by atoms with Gasteiger partial charge in [-0.3, -0.25) is 19.6 Å². The van der Waals surface area contributed by atoms with Crippen LogP contribution in [0.5, 0.6) is 0 Å². The molecule has 2 spiro atoms. The molecule has 6 nitrogen and oxygen atoms in total. The first-order valence-electron chi connectivity index (χ1n) is 26.9. The molecule has 0 amide bonds. The molecule has 2 N–H and O–H groups in total. The highest BCUT2D eigenvalue weighted by Gasteiger charge is 2.56. The molecule has 8 aromatic rings. The van der Waals surface area contributed by atoms with Gasteiger partial charge in [-0.2, -0.15) is 0 Å². The predicted molar refractivity (Wildman–Crippen MR) is 313 cm³/mol. The summed E-state index contributed by atoms with van der Waals surface area (Å²) < 4.78 is 0. The van der Waals surface area contributed by atoms with Gasteiger partial charge in [-0.1, -0.05) is 192 Å². The van der Waals surface area contributed by atoms with Gasteiger partial charge in [-0.15, -0.1) is 0 Å². The van der Waals surface area contributed by atoms with Crippen molar-refractivity contribution in [3.05, 3.63) is 248 Å². The van der Waals surface area contributed by atoms with Crippen molar-refractivity contribution < 1.29 is 9.59 Å². The number of allylic oxidation sites excluding steroid dienone is 4. The van der Waals surface area contributed by atoms with Crippen LogP contribution in [0.1, 0.15) is 171 Å². The maximum absolute atomic E-state index is 16.1. The van der Waals surface area contributed by atoms with Gasteiger partial charge in [0, 0.05) is 45.0 Å². The van der Waals surface area contributed by atoms with Crippen molar-refractivity contribution in [2.24, 2.45) is 9.98 Å². The standard InChI is InChI=1S/C70H64N4O2/c1-65(2,3)43-33-41(34-44(37-43)66(4,5)6)61-51-25-29-55(71-51)69(49-23-15-19-39-17-13-21-47(59(39)49)63(69)75)57-31-27-53(73-57)62(42-35-45(67(7,8)9)38-46(36-42)68(10,11)12)54-28-32-58(74-54)70(56-30-26-52(61)72-56)50-24-16-20-40-18-14-22-48(60(40)50)64(70)76/h13-38,71,73H,1-12H3/b61-52-,62-54-. The summed E-state index contributed by atoms with van der Waals surface area (Å²) in [7, 11) is 0. The molecule has 376 valence electrons. The number of carbonyl (C=O) groups is 2. The van der Waals surface area contributed by atoms with Crippen LogP contribution in [0.2, 0.25) is 0 Å². The minimum atomic E-state index is -1.38. The average molecular weight is 993 g/mol. The number of fused-ring (bicyclic) bond motifs is 12. The largest absolute Gasteiger partial charge is 0.357 e. The number of aromatic amines is 2. The Balaban J connectivity index is 1.19. The molecule has 0 fully saturated rings. The van der Waals surface area contributed by atoms with Crippen molar-refractivity contribution >= 4 is 55.7 Å². The highest BCUT2D eigenvalue weighted by atomic mass is 16.1. The van der Waals surface area contributed by atoms with Crippen LogP contribution in [0.15, 0.2) is 179 Å². The van der Waals surface area contributed by atoms with Crippen LogP contribution in [-0.2, 0) is 32.5 Å². The van der Waals surface area contributed by atoms with E-state index in [1.165, 1.54) is 22.3 Å². The Labute approximate surface area is 446 Å². The summed E-state index contributed by atoms with van der Waals surface area (Å²) in [5.41, 5.74) is 14.0. The van der Waals surface area contributed by atoms with Crippen LogP contribution < -0.4 is 0 Å². The van der Waals surface area contributed by atoms with E-state index in [4.69, 9.17) is 9.98 Å². The number of nitrogens with one attached hydrogen (secondary N) is 2. The third-order valence-corrected chi connectivity index (χ3v) is 17.0. The Hall–Kier alpha value is -7.96. The molecule has 0 unspecified atom stereocenters. The first kappa shape index (κ1) is 47.7. The average Bonchev–Trinajstić information content (AvgIpc) is 4.43. The smallest absolute Gasteiger partial charge is 0.186 e. The molecule has 0 saturated carbocycles. The molecular formula is C70H64N4O2. The van der Waals surface area contributed by atoms with Crippen LogP contribution in [0.3, 0.4) is 0 Å². The first-order chi connectivity index (χ1) is 36.0. The molecule has 2 aromatic heterocycles. The molecule has 13 rings (SSSR count). The van der Waals surface area contributed by atoms with E-state index in [9.17, 15) is 0 Å². The predicted octanol–water partition coefficient (Wildman–Crippen LogP) is 16.1. The van der Waals surface area contributed by atoms with Crippen molar-refractivity contribution in [1.29, 1.82) is 0 Å². The number of rotatable bonds is 2. The van der Waals surface area contributed by atoms with Crippen LogP contribution in [0, 0.1) is 0 Å². The Kier molecular flexibility index (Phi) is 9.92. The Morgan fingerprint density at radius 1 is 0.395 bits per heavy atom. The van der Waals surface area contributed by atoms with Crippen molar-refractivity contribution in [2.75, 3.05) is 0 Å². The third kappa shape index (κ3) is 6.71. The monoisotopic (exact) mass is 993 g/mol. The number of ketones is 2. The molecule has 0 radical (unpaired) electrons. The fourth-order valence-electron chi connectivity index (χ4n) is 12.8. The van der Waals surface area contributed by atoms with Crippen LogP contribution in [0.25, 0.3) is 32.7 Å². The van der Waals surface area contributed by atoms with Crippen LogP contribution >= 0.6 is 0 Å². The van der Waals surface area contributed by atoms with E-state index in [-0.39, 0.29) is 33.2 Å². The fraction of sp³-hybridized carbons (Fsp3) is 0.257. The molecule has 8 bridgehead atoms. The molecule has 6 aromatic carbocycles. The van der Waals surface area contributed by atoms with E-state index in [0.717, 1.165) is 77.7 Å². The van der Waals surface area contributed by atoms with Gasteiger partial charge in [-0.05, 0) is 136 Å². The van der Waals surface area contributed by atoms with Crippen molar-refractivity contribution in [1.82, 2.24) is 9.97 Å². The molecule has 2 aliphatic carbocycles. The lowest BCUT2D eigenvalue weighted by molar-refractivity contribution is 0.0939. The molecule has 3 aliphatic heterocycles. The number of Topliss-reactive ketones (excluding diaryl/α,β-unsaturated/α-hetero) is 2. The first-order valence-corrected chi connectivity index (χ1v) is 26.9. The molecule has 0 atom stereocenters. The second-order valence-electron chi connectivity index (χ2n) is 25.9. The van der Waals surface area contributed by atoms with E-state index in [1.807, 2.05) is 24.3 Å². The lowest BCUT2D eigenvalue weighted by atomic mass is 9.71. The molecular weight excluding hydrogens is 929 g/mol. The number of aliphatic imine (C=N–C) groups is 2. The zero-order chi connectivity index (χ0) is 53.2. The Morgan fingerprint density at radius 3 is 1.13 bits per heavy atom. The second kappa shape index (κ2) is 15.8. The van der Waals surface area contributed by atoms with Crippen molar-refractivity contribution in [3.63, 3.8) is 0 Å². The number of H-pyrrole nitrogens is 2. The Bertz CT molecular complexity index is 3880. The number of aromatic nitrogens is 2. The van der Waals surface area contributed by atoms with Crippen molar-refractivity contribution in [3.8, 4) is 0 Å². The van der Waals surface area contributed by atoms with Gasteiger partial charge in [0.1, 0.15) is 10.8 Å². The number of benzene rings is 6. The maximum Gasteiger partial charge on any atom is 0.186 e. The van der Waals surface area contributed by atoms with Gasteiger partial charge in [-0.25, -0.2) is 0 Å². The van der Waals surface area contributed by atoms with Crippen molar-refractivity contribution in [2.45, 2.75) is 116 Å². The maximum atomic E-state index is 16.1. The highest BCUT2D eigenvalue weighted by molar-refractivity contribution is 6.46. The second-order valence-corrected chi connectivity index (χ2v) is 25.9. The van der Waals surface area contributed by atoms with E-state index in [2.05, 4.69) is 227 Å². The Morgan fingerprint density at radius 2 is 0.750 bits per heavy atom. The number of hydrogen-bond acceptors (Lipinski definition) is 4. The fourth-order valence-corrected chi connectivity index (χ4v) is 12.8. The lowest BCUT2D eigenvalue weighted by Crippen LogP contribution is -2.46. The summed E-state index contributed by atoms with van der Waals surface area (Å²) in [6.45, 7) is 27.1. The van der Waals surface area contributed by atoms with E-state index in [0.29, 0.717) is 33.9 Å². The normalized spacial score (nSPS) is 21.8. The van der Waals surface area contributed by atoms with Crippen LogP contribution in [0.4, 0.5) is 0 Å². The van der Waals surface area contributed by atoms with Gasteiger partial charge in [0.2, 0.25) is 0 Å². The summed E-state index contributed by atoms with van der Waals surface area (Å²) in [6.07, 6.45) is 8.27. The number of carbonyl (C=O) groups excluding carboxylic acids is 2. The molecule has 6 heteroatoms. The van der Waals surface area contributed by atoms with Gasteiger partial charge < -0.3 is 9.97 Å². The summed E-state index contributed by atoms with van der Waals surface area (Å²) >= 11 is 0. The quantitative estimate of drug-likeness (QED) is 0.181. The van der Waals surface area contributed by atoms with Gasteiger partial charge in [0.25, 0.3) is 0 Å². The summed E-state index contributed by atoms with van der Waals surface area (Å²) in [5.74, 6) is -0.0512. The summed E-state index contributed by atoms with van der Waals surface area (Å²) in [6, 6.07) is 47.0. The van der Waals surface area contributed by atoms with E-state index >= 15 is 9.59 Å². The topological polar surface area (TPSA) is 90.4 Å². The molecule has 76 heavy (non-hydrogen) atoms. The highest BCUT2D eigenvalue weighted by Crippen LogP contribution is 2.53. The lowest BCUT2D eigenvalue weighted by Gasteiger charge is -2.29. The molecule has 5 aliphatic rings. The van der Waals surface area contributed by atoms with Gasteiger partial charge in [0.05, 0.1) is 22.8 Å². The van der Waals surface area contributed by atoms with E-state index < -0.39 is 10.8 Å². The van der Waals surface area contributed by atoms with Gasteiger partial charge in [0.15, 0.2) is 11.6 Å². The third-order valence-electron chi connectivity index (χ3n) is 17.0. The molecule has 0 saturated heterocycles. The number of hydrogen-bond donors (Lipinski definition) is 2. The molecule has 5 heterocycles. The zero-order valence-electron chi connectivity index (χ0n) is 45.7. The summed E-state index contributed by atoms with van der Waals surface area (Å²) in [5, 5.41) is 3.90.